The minimum Gasteiger partial charge on any atom is -0.399 e. The number of nitrogens with two attached hydrogens (primary N) is 1. The average molecular weight is 192 g/mol. The molecule has 0 radical (unpaired) electrons. The molecule has 2 aromatic heterocycles. The molecule has 5 nitrogen and oxygen atoms in total. The molecule has 0 fully saturated rings. The number of nitrogen functional groups attached to an aromatic ring is 1. The molecule has 2 heterocycles. The van der Waals surface area contributed by atoms with E-state index < -0.39 is 6.10 Å². The summed E-state index contributed by atoms with van der Waals surface area (Å²) in [6.07, 6.45) is 1.79. The van der Waals surface area contributed by atoms with E-state index in [0.717, 1.165) is 0 Å². The summed E-state index contributed by atoms with van der Waals surface area (Å²) in [5, 5.41) is 13.4. The van der Waals surface area contributed by atoms with Gasteiger partial charge in [0.1, 0.15) is 0 Å². The maximum atomic E-state index is 9.17. The van der Waals surface area contributed by atoms with Crippen molar-refractivity contribution in [2.45, 2.75) is 19.4 Å². The van der Waals surface area contributed by atoms with Gasteiger partial charge in [0, 0.05) is 24.4 Å². The first-order valence-corrected chi connectivity index (χ1v) is 4.44. The van der Waals surface area contributed by atoms with Crippen LogP contribution in [0.25, 0.3) is 5.65 Å². The molecular weight excluding hydrogens is 180 g/mol. The second kappa shape index (κ2) is 3.26. The summed E-state index contributed by atoms with van der Waals surface area (Å²) < 4.78 is 1.65. The molecule has 2 aromatic rings. The first kappa shape index (κ1) is 8.96. The van der Waals surface area contributed by atoms with Gasteiger partial charge in [0.2, 0.25) is 0 Å². The van der Waals surface area contributed by atoms with Crippen molar-refractivity contribution < 1.29 is 5.11 Å². The Labute approximate surface area is 81.2 Å². The van der Waals surface area contributed by atoms with Crippen LogP contribution in [0.5, 0.6) is 0 Å². The number of nitrogens with zero attached hydrogens (tertiary/aromatic N) is 3. The van der Waals surface area contributed by atoms with Gasteiger partial charge >= 0.3 is 0 Å². The Morgan fingerprint density at radius 1 is 1.64 bits per heavy atom. The van der Waals surface area contributed by atoms with Gasteiger partial charge in [-0.3, -0.25) is 0 Å². The number of aliphatic hydroxyl groups is 1. The highest BCUT2D eigenvalue weighted by molar-refractivity contribution is 5.50. The van der Waals surface area contributed by atoms with E-state index in [2.05, 4.69) is 10.1 Å². The summed E-state index contributed by atoms with van der Waals surface area (Å²) in [4.78, 5) is 4.23. The number of anilines is 1. The lowest BCUT2D eigenvalue weighted by Gasteiger charge is -1.96. The third-order valence-corrected chi connectivity index (χ3v) is 1.88. The number of aromatic nitrogens is 3. The third kappa shape index (κ3) is 1.67. The number of hydrogen-bond acceptors (Lipinski definition) is 4. The fourth-order valence-corrected chi connectivity index (χ4v) is 1.29. The predicted octanol–water partition coefficient (Wildman–Crippen LogP) is 0.235. The Hall–Kier alpha value is -1.62. The maximum Gasteiger partial charge on any atom is 0.157 e. The topological polar surface area (TPSA) is 76.4 Å². The largest absolute Gasteiger partial charge is 0.399 e. The van der Waals surface area contributed by atoms with Crippen molar-refractivity contribution in [3.05, 3.63) is 24.2 Å². The number of aliphatic hydroxyl groups excluding tert-OH is 1. The molecule has 0 amide bonds. The van der Waals surface area contributed by atoms with Crippen molar-refractivity contribution in [3.8, 4) is 0 Å². The van der Waals surface area contributed by atoms with Crippen LogP contribution in [0, 0.1) is 0 Å². The molecule has 0 saturated heterocycles. The second-order valence-corrected chi connectivity index (χ2v) is 3.34. The van der Waals surface area contributed by atoms with E-state index in [9.17, 15) is 5.11 Å². The minimum atomic E-state index is -0.426. The molecule has 3 N–H and O–H groups in total. The SMILES string of the molecule is CC(O)Cc1nc2cc(N)ccn2n1. The van der Waals surface area contributed by atoms with E-state index in [1.54, 1.807) is 29.8 Å². The van der Waals surface area contributed by atoms with E-state index >= 15 is 0 Å². The smallest absolute Gasteiger partial charge is 0.157 e. The normalized spacial score (nSPS) is 13.3. The third-order valence-electron chi connectivity index (χ3n) is 1.88. The predicted molar refractivity (Wildman–Crippen MR) is 52.8 cm³/mol. The lowest BCUT2D eigenvalue weighted by atomic mass is 10.3. The van der Waals surface area contributed by atoms with Crippen molar-refractivity contribution in [2.24, 2.45) is 0 Å². The van der Waals surface area contributed by atoms with Crippen molar-refractivity contribution >= 4 is 11.3 Å². The van der Waals surface area contributed by atoms with Crippen molar-refractivity contribution in [3.63, 3.8) is 0 Å². The monoisotopic (exact) mass is 192 g/mol. The zero-order valence-electron chi connectivity index (χ0n) is 7.88. The van der Waals surface area contributed by atoms with Gasteiger partial charge in [-0.2, -0.15) is 5.10 Å². The van der Waals surface area contributed by atoms with E-state index in [1.165, 1.54) is 0 Å². The molecule has 1 unspecified atom stereocenters. The molecule has 14 heavy (non-hydrogen) atoms. The molecule has 0 bridgehead atoms. The van der Waals surface area contributed by atoms with Gasteiger partial charge in [-0.25, -0.2) is 9.50 Å². The van der Waals surface area contributed by atoms with Crippen LogP contribution in [0.15, 0.2) is 18.3 Å². The Balaban J connectivity index is 2.41. The van der Waals surface area contributed by atoms with E-state index in [1.807, 2.05) is 0 Å². The highest BCUT2D eigenvalue weighted by Gasteiger charge is 2.06. The average Bonchev–Trinajstić information content (AvgIpc) is 2.44. The Morgan fingerprint density at radius 3 is 3.14 bits per heavy atom. The Bertz CT molecular complexity index is 449. The van der Waals surface area contributed by atoms with Crippen LogP contribution < -0.4 is 5.73 Å². The summed E-state index contributed by atoms with van der Waals surface area (Å²) >= 11 is 0. The fourth-order valence-electron chi connectivity index (χ4n) is 1.29. The lowest BCUT2D eigenvalue weighted by Crippen LogP contribution is -2.05. The van der Waals surface area contributed by atoms with Crippen LogP contribution in [0.1, 0.15) is 12.7 Å². The Morgan fingerprint density at radius 2 is 2.43 bits per heavy atom. The summed E-state index contributed by atoms with van der Waals surface area (Å²) in [6.45, 7) is 1.71. The molecule has 5 heteroatoms. The zero-order valence-corrected chi connectivity index (χ0v) is 7.88. The molecular formula is C9H12N4O. The van der Waals surface area contributed by atoms with Crippen LogP contribution >= 0.6 is 0 Å². The van der Waals surface area contributed by atoms with Crippen LogP contribution in [0.2, 0.25) is 0 Å². The summed E-state index contributed by atoms with van der Waals surface area (Å²) in [7, 11) is 0. The van der Waals surface area contributed by atoms with Crippen LogP contribution in [-0.4, -0.2) is 25.8 Å². The molecule has 0 aliphatic carbocycles. The standard InChI is InChI=1S/C9H12N4O/c1-6(14)4-8-11-9-5-7(10)2-3-13(9)12-8/h2-3,5-6,14H,4,10H2,1H3. The quantitative estimate of drug-likeness (QED) is 0.714. The molecule has 0 saturated carbocycles. The van der Waals surface area contributed by atoms with Gasteiger partial charge in [-0.1, -0.05) is 0 Å². The fraction of sp³-hybridized carbons (Fsp3) is 0.333. The van der Waals surface area contributed by atoms with E-state index in [-0.39, 0.29) is 0 Å². The number of rotatable bonds is 2. The lowest BCUT2D eigenvalue weighted by molar-refractivity contribution is 0.193. The Kier molecular flexibility index (Phi) is 2.09. The zero-order chi connectivity index (χ0) is 10.1. The van der Waals surface area contributed by atoms with E-state index in [0.29, 0.717) is 23.6 Å². The molecule has 0 spiro atoms. The first-order valence-electron chi connectivity index (χ1n) is 4.44. The van der Waals surface area contributed by atoms with Gasteiger partial charge in [0.15, 0.2) is 11.5 Å². The molecule has 2 rings (SSSR count). The van der Waals surface area contributed by atoms with Crippen LogP contribution in [0.3, 0.4) is 0 Å². The molecule has 74 valence electrons. The first-order chi connectivity index (χ1) is 6.65. The molecule has 0 aromatic carbocycles. The van der Waals surface area contributed by atoms with Crippen LogP contribution in [-0.2, 0) is 6.42 Å². The van der Waals surface area contributed by atoms with Gasteiger partial charge in [-0.05, 0) is 13.0 Å². The van der Waals surface area contributed by atoms with Crippen molar-refractivity contribution in [1.29, 1.82) is 0 Å². The molecule has 0 aliphatic heterocycles. The van der Waals surface area contributed by atoms with Crippen LogP contribution in [0.4, 0.5) is 5.69 Å². The number of fused-ring (bicyclic) bond motifs is 1. The van der Waals surface area contributed by atoms with Gasteiger partial charge in [-0.15, -0.1) is 0 Å². The van der Waals surface area contributed by atoms with Crippen molar-refractivity contribution in [1.82, 2.24) is 14.6 Å². The maximum absolute atomic E-state index is 9.17. The van der Waals surface area contributed by atoms with E-state index in [4.69, 9.17) is 5.73 Å². The molecule has 0 aliphatic rings. The van der Waals surface area contributed by atoms with Gasteiger partial charge in [0.05, 0.1) is 6.10 Å². The van der Waals surface area contributed by atoms with Gasteiger partial charge < -0.3 is 10.8 Å². The van der Waals surface area contributed by atoms with Gasteiger partial charge in [0.25, 0.3) is 0 Å². The summed E-state index contributed by atoms with van der Waals surface area (Å²) in [5.41, 5.74) is 6.97. The highest BCUT2D eigenvalue weighted by atomic mass is 16.3. The van der Waals surface area contributed by atoms with Crippen molar-refractivity contribution in [2.75, 3.05) is 5.73 Å². The summed E-state index contributed by atoms with van der Waals surface area (Å²) in [6, 6.07) is 3.51. The second-order valence-electron chi connectivity index (χ2n) is 3.34. The number of pyridine rings is 1. The minimum absolute atomic E-state index is 0.426. The highest BCUT2D eigenvalue weighted by Crippen LogP contribution is 2.07. The number of hydrogen-bond donors (Lipinski definition) is 2. The summed E-state index contributed by atoms with van der Waals surface area (Å²) in [5.74, 6) is 0.630. The molecule has 1 atom stereocenters.